The van der Waals surface area contributed by atoms with Crippen molar-refractivity contribution in [3.8, 4) is 0 Å². The molecule has 2 aromatic carbocycles. The van der Waals surface area contributed by atoms with Crippen molar-refractivity contribution in [2.24, 2.45) is 0 Å². The first-order valence-electron chi connectivity index (χ1n) is 8.82. The highest BCUT2D eigenvalue weighted by Gasteiger charge is 2.32. The van der Waals surface area contributed by atoms with Crippen LogP contribution >= 0.6 is 0 Å². The normalized spacial score (nSPS) is 16.6. The van der Waals surface area contributed by atoms with Crippen molar-refractivity contribution in [3.05, 3.63) is 66.5 Å². The minimum atomic E-state index is 0.0376. The molecule has 1 atom stereocenters. The minimum Gasteiger partial charge on any atom is -0.338 e. The number of nitrogens with zero attached hydrogens (tertiary/aromatic N) is 3. The van der Waals surface area contributed by atoms with E-state index in [2.05, 4.69) is 33.1 Å². The van der Waals surface area contributed by atoms with Crippen molar-refractivity contribution in [3.63, 3.8) is 0 Å². The van der Waals surface area contributed by atoms with Crippen LogP contribution in [0.1, 0.15) is 24.4 Å². The molecule has 1 aliphatic rings. The molecule has 1 aromatic heterocycles. The van der Waals surface area contributed by atoms with E-state index in [1.165, 1.54) is 5.56 Å². The maximum absolute atomic E-state index is 12.4. The fourth-order valence-corrected chi connectivity index (χ4v) is 3.39. The summed E-state index contributed by atoms with van der Waals surface area (Å²) in [6.07, 6.45) is 3.79. The molecule has 0 unspecified atom stereocenters. The first-order valence-corrected chi connectivity index (χ1v) is 8.82. The molecular weight excluding hydrogens is 312 g/mol. The lowest BCUT2D eigenvalue weighted by molar-refractivity contribution is 0.115. The third-order valence-corrected chi connectivity index (χ3v) is 4.84. The predicted molar refractivity (Wildman–Crippen MR) is 98.3 cm³/mol. The predicted octanol–water partition coefficient (Wildman–Crippen LogP) is 3.58. The van der Waals surface area contributed by atoms with Crippen molar-refractivity contribution in [2.75, 3.05) is 13.1 Å². The SMILES string of the molecule is O=C(NCCCn1cnc2ccccc21)N1CC[C@@H]1c1ccccc1. The third kappa shape index (κ3) is 3.22. The summed E-state index contributed by atoms with van der Waals surface area (Å²) in [4.78, 5) is 18.7. The van der Waals surface area contributed by atoms with Gasteiger partial charge in [0, 0.05) is 19.6 Å². The van der Waals surface area contributed by atoms with Gasteiger partial charge in [0.15, 0.2) is 0 Å². The molecule has 128 valence electrons. The summed E-state index contributed by atoms with van der Waals surface area (Å²) in [7, 11) is 0. The molecule has 0 radical (unpaired) electrons. The molecule has 4 rings (SSSR count). The largest absolute Gasteiger partial charge is 0.338 e. The third-order valence-electron chi connectivity index (χ3n) is 4.84. The Morgan fingerprint density at radius 3 is 2.72 bits per heavy atom. The number of para-hydroxylation sites is 2. The number of fused-ring (bicyclic) bond motifs is 1. The van der Waals surface area contributed by atoms with Crippen molar-refractivity contribution < 1.29 is 4.79 Å². The molecule has 0 aliphatic carbocycles. The highest BCUT2D eigenvalue weighted by molar-refractivity contribution is 5.76. The second kappa shape index (κ2) is 6.97. The van der Waals surface area contributed by atoms with Crippen LogP contribution in [0.25, 0.3) is 11.0 Å². The Labute approximate surface area is 147 Å². The molecule has 1 fully saturated rings. The molecule has 2 heterocycles. The molecule has 0 bridgehead atoms. The number of amides is 2. The van der Waals surface area contributed by atoms with Crippen LogP contribution in [0.4, 0.5) is 4.79 Å². The van der Waals surface area contributed by atoms with Gasteiger partial charge in [-0.2, -0.15) is 0 Å². The summed E-state index contributed by atoms with van der Waals surface area (Å²) in [5.74, 6) is 0. The molecule has 0 spiro atoms. The molecule has 2 amide bonds. The number of urea groups is 1. The van der Waals surface area contributed by atoms with Gasteiger partial charge in [0.05, 0.1) is 23.4 Å². The van der Waals surface area contributed by atoms with Crippen molar-refractivity contribution >= 4 is 17.1 Å². The first kappa shape index (κ1) is 15.7. The van der Waals surface area contributed by atoms with Gasteiger partial charge in [-0.3, -0.25) is 0 Å². The number of benzene rings is 2. The molecule has 0 saturated carbocycles. The number of aromatic nitrogens is 2. The average molecular weight is 334 g/mol. The number of imidazole rings is 1. The smallest absolute Gasteiger partial charge is 0.317 e. The van der Waals surface area contributed by atoms with E-state index in [0.717, 1.165) is 37.0 Å². The summed E-state index contributed by atoms with van der Waals surface area (Å²) >= 11 is 0. The zero-order valence-corrected chi connectivity index (χ0v) is 14.1. The first-order chi connectivity index (χ1) is 12.3. The van der Waals surface area contributed by atoms with Gasteiger partial charge in [-0.15, -0.1) is 0 Å². The molecule has 5 nitrogen and oxygen atoms in total. The number of rotatable bonds is 5. The van der Waals surface area contributed by atoms with E-state index in [-0.39, 0.29) is 12.1 Å². The molecule has 1 aliphatic heterocycles. The summed E-state index contributed by atoms with van der Waals surface area (Å²) in [6.45, 7) is 2.35. The van der Waals surface area contributed by atoms with Crippen LogP contribution in [0.5, 0.6) is 0 Å². The molecule has 5 heteroatoms. The van der Waals surface area contributed by atoms with E-state index in [1.54, 1.807) is 0 Å². The van der Waals surface area contributed by atoms with Gasteiger partial charge >= 0.3 is 6.03 Å². The van der Waals surface area contributed by atoms with Gasteiger partial charge in [0.1, 0.15) is 0 Å². The second-order valence-electron chi connectivity index (χ2n) is 6.42. The lowest BCUT2D eigenvalue weighted by Crippen LogP contribution is -2.50. The number of likely N-dealkylation sites (tertiary alicyclic amines) is 1. The summed E-state index contributed by atoms with van der Waals surface area (Å²) in [5, 5.41) is 3.05. The fourth-order valence-electron chi connectivity index (χ4n) is 3.39. The number of nitrogens with one attached hydrogen (secondary N) is 1. The summed E-state index contributed by atoms with van der Waals surface area (Å²) < 4.78 is 2.14. The van der Waals surface area contributed by atoms with E-state index in [9.17, 15) is 4.79 Å². The van der Waals surface area contributed by atoms with E-state index < -0.39 is 0 Å². The lowest BCUT2D eigenvalue weighted by Gasteiger charge is -2.41. The van der Waals surface area contributed by atoms with Crippen LogP contribution < -0.4 is 5.32 Å². The minimum absolute atomic E-state index is 0.0376. The average Bonchev–Trinajstić information content (AvgIpc) is 3.02. The topological polar surface area (TPSA) is 50.2 Å². The molecule has 3 aromatic rings. The molecule has 25 heavy (non-hydrogen) atoms. The maximum atomic E-state index is 12.4. The number of hydrogen-bond acceptors (Lipinski definition) is 2. The Bertz CT molecular complexity index is 858. The Kier molecular flexibility index (Phi) is 4.37. The highest BCUT2D eigenvalue weighted by atomic mass is 16.2. The van der Waals surface area contributed by atoms with Crippen molar-refractivity contribution in [2.45, 2.75) is 25.4 Å². The van der Waals surface area contributed by atoms with E-state index in [4.69, 9.17) is 0 Å². The fraction of sp³-hybridized carbons (Fsp3) is 0.300. The number of carbonyl (C=O) groups excluding carboxylic acids is 1. The van der Waals surface area contributed by atoms with Gasteiger partial charge in [0.2, 0.25) is 0 Å². The number of hydrogen-bond donors (Lipinski definition) is 1. The molecule has 1 saturated heterocycles. The molecular formula is C20H22N4O. The van der Waals surface area contributed by atoms with Crippen LogP contribution in [0, 0.1) is 0 Å². The Morgan fingerprint density at radius 1 is 1.12 bits per heavy atom. The maximum Gasteiger partial charge on any atom is 0.317 e. The van der Waals surface area contributed by atoms with Gasteiger partial charge in [-0.25, -0.2) is 9.78 Å². The van der Waals surface area contributed by atoms with Crippen LogP contribution in [0.15, 0.2) is 60.9 Å². The van der Waals surface area contributed by atoms with Crippen LogP contribution in [0.3, 0.4) is 0 Å². The zero-order valence-electron chi connectivity index (χ0n) is 14.1. The van der Waals surface area contributed by atoms with E-state index >= 15 is 0 Å². The van der Waals surface area contributed by atoms with Crippen molar-refractivity contribution in [1.82, 2.24) is 19.8 Å². The van der Waals surface area contributed by atoms with E-state index in [0.29, 0.717) is 6.54 Å². The molecule has 1 N–H and O–H groups in total. The number of carbonyl (C=O) groups is 1. The van der Waals surface area contributed by atoms with Crippen LogP contribution in [-0.2, 0) is 6.54 Å². The zero-order chi connectivity index (χ0) is 17.1. The summed E-state index contributed by atoms with van der Waals surface area (Å²) in [6, 6.07) is 18.6. The van der Waals surface area contributed by atoms with Gasteiger partial charge in [0.25, 0.3) is 0 Å². The quantitative estimate of drug-likeness (QED) is 0.725. The van der Waals surface area contributed by atoms with Crippen LogP contribution in [0.2, 0.25) is 0 Å². The Hall–Kier alpha value is -2.82. The lowest BCUT2D eigenvalue weighted by atomic mass is 9.95. The van der Waals surface area contributed by atoms with Gasteiger partial charge in [-0.05, 0) is 30.5 Å². The standard InChI is InChI=1S/C20H22N4O/c25-20(24-14-11-18(24)16-7-2-1-3-8-16)21-12-6-13-23-15-22-17-9-4-5-10-19(17)23/h1-5,7-10,15,18H,6,11-14H2,(H,21,25)/t18-/m1/s1. The monoisotopic (exact) mass is 334 g/mol. The second-order valence-corrected chi connectivity index (χ2v) is 6.42. The van der Waals surface area contributed by atoms with Gasteiger partial charge < -0.3 is 14.8 Å². The van der Waals surface area contributed by atoms with E-state index in [1.807, 2.05) is 47.6 Å². The Balaban J connectivity index is 1.27. The summed E-state index contributed by atoms with van der Waals surface area (Å²) in [5.41, 5.74) is 3.37. The highest BCUT2D eigenvalue weighted by Crippen LogP contribution is 2.32. The van der Waals surface area contributed by atoms with Gasteiger partial charge in [-0.1, -0.05) is 42.5 Å². The number of aryl methyl sites for hydroxylation is 1. The van der Waals surface area contributed by atoms with Crippen LogP contribution in [-0.4, -0.2) is 33.6 Å². The van der Waals surface area contributed by atoms with Crippen molar-refractivity contribution in [1.29, 1.82) is 0 Å². The Morgan fingerprint density at radius 2 is 1.92 bits per heavy atom.